The summed E-state index contributed by atoms with van der Waals surface area (Å²) < 4.78 is 2.00. The van der Waals surface area contributed by atoms with Gasteiger partial charge in [-0.2, -0.15) is 0 Å². The van der Waals surface area contributed by atoms with Gasteiger partial charge in [0.1, 0.15) is 11.6 Å². The molecule has 0 radical (unpaired) electrons. The van der Waals surface area contributed by atoms with E-state index in [1.54, 1.807) is 35.7 Å². The summed E-state index contributed by atoms with van der Waals surface area (Å²) in [6.07, 6.45) is 6.66. The lowest BCUT2D eigenvalue weighted by molar-refractivity contribution is -0.132. The monoisotopic (exact) mass is 396 g/mol. The maximum Gasteiger partial charge on any atom is 0.332 e. The van der Waals surface area contributed by atoms with E-state index in [0.717, 1.165) is 41.2 Å². The Balaban J connectivity index is 1.97. The molecule has 0 unspecified atom stereocenters. The maximum atomic E-state index is 11.8. The Morgan fingerprint density at radius 3 is 2.75 bits per heavy atom. The first kappa shape index (κ1) is 19.9. The third kappa shape index (κ3) is 4.89. The van der Waals surface area contributed by atoms with Gasteiger partial charge in [-0.05, 0) is 30.0 Å². The first-order chi connectivity index (χ1) is 13.6. The first-order valence-electron chi connectivity index (χ1n) is 9.36. The van der Waals surface area contributed by atoms with Crippen molar-refractivity contribution in [2.75, 3.05) is 0 Å². The number of hydrogen-bond donors (Lipinski definition) is 2. The number of nitrogens with zero attached hydrogens (tertiary/aromatic N) is 2. The second-order valence-electron chi connectivity index (χ2n) is 6.65. The smallest absolute Gasteiger partial charge is 0.332 e. The molecule has 0 atom stereocenters. The minimum atomic E-state index is -0.932. The molecule has 0 fully saturated rings. The summed E-state index contributed by atoms with van der Waals surface area (Å²) in [5.74, 6) is 0.195. The second-order valence-corrected chi connectivity index (χ2v) is 7.68. The summed E-state index contributed by atoms with van der Waals surface area (Å²) in [4.78, 5) is 17.3. The van der Waals surface area contributed by atoms with Crippen LogP contribution in [0.5, 0.6) is 5.75 Å². The number of aryl methyl sites for hydroxylation is 1. The van der Waals surface area contributed by atoms with E-state index < -0.39 is 5.97 Å². The van der Waals surface area contributed by atoms with Crippen LogP contribution in [0.15, 0.2) is 53.5 Å². The average Bonchev–Trinajstić information content (AvgIpc) is 3.32. The number of imidazole rings is 1. The largest absolute Gasteiger partial charge is 0.508 e. The predicted octanol–water partition coefficient (Wildman–Crippen LogP) is 4.75. The van der Waals surface area contributed by atoms with Crippen molar-refractivity contribution in [3.8, 4) is 5.75 Å². The number of thiophene rings is 1. The van der Waals surface area contributed by atoms with E-state index in [9.17, 15) is 15.0 Å². The van der Waals surface area contributed by atoms with Gasteiger partial charge in [-0.3, -0.25) is 0 Å². The Kier molecular flexibility index (Phi) is 6.66. The highest BCUT2D eigenvalue weighted by Crippen LogP contribution is 2.22. The normalized spacial score (nSPS) is 11.7. The van der Waals surface area contributed by atoms with Crippen LogP contribution in [0.2, 0.25) is 0 Å². The SMILES string of the molecule is CCCCc1ncc(/C=C(\Cc2cccs2)C(=O)O)n1Cc1ccccc1O. The molecule has 3 aromatic rings. The summed E-state index contributed by atoms with van der Waals surface area (Å²) >= 11 is 1.54. The molecule has 1 aromatic carbocycles. The molecule has 146 valence electrons. The molecule has 2 N–H and O–H groups in total. The predicted molar refractivity (Wildman–Crippen MR) is 112 cm³/mol. The van der Waals surface area contributed by atoms with Crippen LogP contribution in [0, 0.1) is 0 Å². The Labute approximate surface area is 168 Å². The van der Waals surface area contributed by atoms with Gasteiger partial charge in [0.2, 0.25) is 0 Å². The van der Waals surface area contributed by atoms with Crippen molar-refractivity contribution < 1.29 is 15.0 Å². The van der Waals surface area contributed by atoms with Gasteiger partial charge in [0.15, 0.2) is 0 Å². The number of hydrogen-bond acceptors (Lipinski definition) is 4. The van der Waals surface area contributed by atoms with Crippen LogP contribution < -0.4 is 0 Å². The van der Waals surface area contributed by atoms with Crippen LogP contribution >= 0.6 is 11.3 Å². The number of aromatic nitrogens is 2. The molecule has 2 heterocycles. The summed E-state index contributed by atoms with van der Waals surface area (Å²) in [5, 5.41) is 21.8. The molecule has 0 aliphatic rings. The van der Waals surface area contributed by atoms with Crippen molar-refractivity contribution in [3.05, 3.63) is 75.5 Å². The number of carboxylic acids is 1. The van der Waals surface area contributed by atoms with Crippen molar-refractivity contribution in [1.29, 1.82) is 0 Å². The number of carboxylic acid groups (broad SMARTS) is 1. The van der Waals surface area contributed by atoms with Crippen LogP contribution in [-0.2, 0) is 24.2 Å². The Morgan fingerprint density at radius 1 is 1.25 bits per heavy atom. The summed E-state index contributed by atoms with van der Waals surface area (Å²) in [6.45, 7) is 2.57. The van der Waals surface area contributed by atoms with Gasteiger partial charge in [0.25, 0.3) is 0 Å². The fourth-order valence-corrected chi connectivity index (χ4v) is 3.77. The minimum absolute atomic E-state index is 0.226. The Morgan fingerprint density at radius 2 is 2.07 bits per heavy atom. The number of carbonyl (C=O) groups is 1. The molecule has 28 heavy (non-hydrogen) atoms. The minimum Gasteiger partial charge on any atom is -0.508 e. The van der Waals surface area contributed by atoms with Crippen LogP contribution in [0.4, 0.5) is 0 Å². The molecule has 3 rings (SSSR count). The van der Waals surface area contributed by atoms with E-state index in [4.69, 9.17) is 0 Å². The van der Waals surface area contributed by atoms with Crippen molar-refractivity contribution in [1.82, 2.24) is 9.55 Å². The van der Waals surface area contributed by atoms with Gasteiger partial charge >= 0.3 is 5.97 Å². The zero-order valence-electron chi connectivity index (χ0n) is 15.8. The van der Waals surface area contributed by atoms with Crippen LogP contribution in [0.25, 0.3) is 6.08 Å². The number of unbranched alkanes of at least 4 members (excludes halogenated alkanes) is 1. The van der Waals surface area contributed by atoms with Gasteiger partial charge in [0.05, 0.1) is 18.4 Å². The summed E-state index contributed by atoms with van der Waals surface area (Å²) in [7, 11) is 0. The molecule has 2 aromatic heterocycles. The Bertz CT molecular complexity index is 958. The standard InChI is InChI=1S/C22H24N2O3S/c1-2-3-10-21-23-14-18(24(21)15-16-7-4-5-9-20(16)25)12-17(22(26)27)13-19-8-6-11-28-19/h4-9,11-12,14,25H,2-3,10,13,15H2,1H3,(H,26,27)/b17-12+. The number of aliphatic carboxylic acids is 1. The van der Waals surface area contributed by atoms with Gasteiger partial charge < -0.3 is 14.8 Å². The molecule has 0 spiro atoms. The number of aromatic hydroxyl groups is 1. The lowest BCUT2D eigenvalue weighted by Crippen LogP contribution is -2.09. The number of para-hydroxylation sites is 1. The third-order valence-corrected chi connectivity index (χ3v) is 5.46. The van der Waals surface area contributed by atoms with Crippen LogP contribution in [0.1, 0.15) is 41.7 Å². The first-order valence-corrected chi connectivity index (χ1v) is 10.2. The number of benzene rings is 1. The van der Waals surface area contributed by atoms with Crippen molar-refractivity contribution >= 4 is 23.4 Å². The Hall–Kier alpha value is -2.86. The van der Waals surface area contributed by atoms with Crippen LogP contribution in [-0.4, -0.2) is 25.7 Å². The molecule has 0 saturated heterocycles. The van der Waals surface area contributed by atoms with E-state index in [0.29, 0.717) is 18.5 Å². The van der Waals surface area contributed by atoms with E-state index in [1.165, 1.54) is 0 Å². The molecule has 0 aliphatic heterocycles. The maximum absolute atomic E-state index is 11.8. The zero-order valence-corrected chi connectivity index (χ0v) is 16.7. The fourth-order valence-electron chi connectivity index (χ4n) is 3.04. The average molecular weight is 397 g/mol. The highest BCUT2D eigenvalue weighted by molar-refractivity contribution is 7.09. The highest BCUT2D eigenvalue weighted by Gasteiger charge is 2.15. The summed E-state index contributed by atoms with van der Waals surface area (Å²) in [5.41, 5.74) is 1.84. The molecule has 0 amide bonds. The molecule has 0 bridgehead atoms. The van der Waals surface area contributed by atoms with Gasteiger partial charge in [0, 0.05) is 28.9 Å². The van der Waals surface area contributed by atoms with Crippen molar-refractivity contribution in [2.45, 2.75) is 39.2 Å². The van der Waals surface area contributed by atoms with Gasteiger partial charge in [-0.15, -0.1) is 11.3 Å². The zero-order chi connectivity index (χ0) is 19.9. The van der Waals surface area contributed by atoms with Crippen LogP contribution in [0.3, 0.4) is 0 Å². The quantitative estimate of drug-likeness (QED) is 0.512. The van der Waals surface area contributed by atoms with Gasteiger partial charge in [-0.25, -0.2) is 9.78 Å². The number of phenols is 1. The van der Waals surface area contributed by atoms with Crippen molar-refractivity contribution in [3.63, 3.8) is 0 Å². The third-order valence-electron chi connectivity index (χ3n) is 4.58. The van der Waals surface area contributed by atoms with Crippen molar-refractivity contribution in [2.24, 2.45) is 0 Å². The molecule has 6 heteroatoms. The fraction of sp³-hybridized carbons (Fsp3) is 0.273. The molecule has 5 nitrogen and oxygen atoms in total. The number of phenolic OH excluding ortho intramolecular Hbond substituents is 1. The van der Waals surface area contributed by atoms with E-state index >= 15 is 0 Å². The van der Waals surface area contributed by atoms with Gasteiger partial charge in [-0.1, -0.05) is 37.6 Å². The second kappa shape index (κ2) is 9.37. The molecular formula is C22H24N2O3S. The van der Waals surface area contributed by atoms with E-state index in [1.807, 2.05) is 34.2 Å². The highest BCUT2D eigenvalue weighted by atomic mass is 32.1. The lowest BCUT2D eigenvalue weighted by Gasteiger charge is -2.12. The molecular weight excluding hydrogens is 372 g/mol. The number of rotatable bonds is 9. The summed E-state index contributed by atoms with van der Waals surface area (Å²) in [6, 6.07) is 11.1. The lowest BCUT2D eigenvalue weighted by atomic mass is 10.1. The molecule has 0 aliphatic carbocycles. The molecule has 0 saturated carbocycles. The van der Waals surface area contributed by atoms with E-state index in [-0.39, 0.29) is 5.75 Å². The van der Waals surface area contributed by atoms with E-state index in [2.05, 4.69) is 11.9 Å². The topological polar surface area (TPSA) is 75.3 Å².